The molecule has 1 aromatic rings. The molecule has 1 aromatic carbocycles. The van der Waals surface area contributed by atoms with Gasteiger partial charge in [-0.3, -0.25) is 9.69 Å². The first-order valence-electron chi connectivity index (χ1n) is 6.25. The number of rotatable bonds is 4. The number of hydrogen-bond donors (Lipinski definition) is 2. The lowest BCUT2D eigenvalue weighted by atomic mass is 10.1. The maximum Gasteiger partial charge on any atom is 0.418 e. The zero-order valence-corrected chi connectivity index (χ0v) is 12.2. The highest BCUT2D eigenvalue weighted by Crippen LogP contribution is 2.34. The van der Waals surface area contributed by atoms with Gasteiger partial charge in [0.25, 0.3) is 0 Å². The van der Waals surface area contributed by atoms with Crippen molar-refractivity contribution in [3.05, 3.63) is 29.8 Å². The summed E-state index contributed by atoms with van der Waals surface area (Å²) in [7, 11) is 1.78. The normalized spacial score (nSPS) is 15.3. The van der Waals surface area contributed by atoms with Crippen LogP contribution in [0.2, 0.25) is 0 Å². The van der Waals surface area contributed by atoms with Gasteiger partial charge in [-0.25, -0.2) is 0 Å². The second-order valence-corrected chi connectivity index (χ2v) is 4.82. The number of carbonyl (C=O) groups is 1. The van der Waals surface area contributed by atoms with Crippen molar-refractivity contribution in [2.24, 2.45) is 0 Å². The minimum atomic E-state index is -4.48. The number of nitrogens with zero attached hydrogens (tertiary/aromatic N) is 1. The van der Waals surface area contributed by atoms with Gasteiger partial charge in [-0.2, -0.15) is 13.2 Å². The monoisotopic (exact) mass is 323 g/mol. The molecule has 118 valence electrons. The molecule has 1 heterocycles. The standard InChI is InChI=1S/C13H16F3N3O.ClH/c1-19(9-6-17-7-9)8-12(20)18-11-5-3-2-4-10(11)13(14,15)16;/h2-5,9,17H,6-8H2,1H3,(H,18,20);1H. The quantitative estimate of drug-likeness (QED) is 0.890. The van der Waals surface area contributed by atoms with Gasteiger partial charge in [0, 0.05) is 19.1 Å². The largest absolute Gasteiger partial charge is 0.418 e. The van der Waals surface area contributed by atoms with E-state index in [1.54, 1.807) is 7.05 Å². The molecule has 1 amide bonds. The average Bonchev–Trinajstić information content (AvgIpc) is 2.25. The third-order valence-electron chi connectivity index (χ3n) is 3.28. The number of alkyl halides is 3. The molecule has 0 radical (unpaired) electrons. The molecule has 0 bridgehead atoms. The highest BCUT2D eigenvalue weighted by Gasteiger charge is 2.33. The summed E-state index contributed by atoms with van der Waals surface area (Å²) >= 11 is 0. The smallest absolute Gasteiger partial charge is 0.324 e. The van der Waals surface area contributed by atoms with E-state index < -0.39 is 17.6 Å². The summed E-state index contributed by atoms with van der Waals surface area (Å²) in [5.41, 5.74) is -1.04. The topological polar surface area (TPSA) is 44.4 Å². The fourth-order valence-corrected chi connectivity index (χ4v) is 1.97. The molecule has 4 nitrogen and oxygen atoms in total. The molecule has 0 saturated carbocycles. The summed E-state index contributed by atoms with van der Waals surface area (Å²) in [5.74, 6) is -0.448. The van der Waals surface area contributed by atoms with Crippen molar-refractivity contribution in [3.8, 4) is 0 Å². The van der Waals surface area contributed by atoms with Crippen LogP contribution in [0.1, 0.15) is 5.56 Å². The number of para-hydroxylation sites is 1. The predicted octanol–water partition coefficient (Wildman–Crippen LogP) is 1.97. The Balaban J connectivity index is 0.00000220. The summed E-state index contributed by atoms with van der Waals surface area (Å²) in [5, 5.41) is 5.40. The van der Waals surface area contributed by atoms with E-state index in [0.29, 0.717) is 0 Å². The Hall–Kier alpha value is -1.31. The molecule has 0 aliphatic carbocycles. The Labute approximate surface area is 127 Å². The van der Waals surface area contributed by atoms with Gasteiger partial charge in [0.15, 0.2) is 0 Å². The van der Waals surface area contributed by atoms with Crippen LogP contribution in [-0.2, 0) is 11.0 Å². The zero-order valence-electron chi connectivity index (χ0n) is 11.4. The number of carbonyl (C=O) groups excluding carboxylic acids is 1. The lowest BCUT2D eigenvalue weighted by Crippen LogP contribution is -2.57. The Kier molecular flexibility index (Phi) is 6.00. The molecule has 1 saturated heterocycles. The number of amides is 1. The highest BCUT2D eigenvalue weighted by atomic mass is 35.5. The molecular formula is C13H17ClF3N3O. The molecule has 2 rings (SSSR count). The van der Waals surface area contributed by atoms with Crippen molar-refractivity contribution < 1.29 is 18.0 Å². The molecule has 0 aromatic heterocycles. The summed E-state index contributed by atoms with van der Waals surface area (Å²) in [6.07, 6.45) is -4.48. The van der Waals surface area contributed by atoms with Gasteiger partial charge in [0.05, 0.1) is 17.8 Å². The third-order valence-corrected chi connectivity index (χ3v) is 3.28. The average molecular weight is 324 g/mol. The van der Waals surface area contributed by atoms with Crippen molar-refractivity contribution in [2.45, 2.75) is 12.2 Å². The van der Waals surface area contributed by atoms with Crippen LogP contribution in [0.3, 0.4) is 0 Å². The van der Waals surface area contributed by atoms with E-state index in [-0.39, 0.29) is 30.7 Å². The fourth-order valence-electron chi connectivity index (χ4n) is 1.97. The Morgan fingerprint density at radius 2 is 2.00 bits per heavy atom. The summed E-state index contributed by atoms with van der Waals surface area (Å²) in [6, 6.07) is 5.23. The van der Waals surface area contributed by atoms with Gasteiger partial charge in [-0.1, -0.05) is 12.1 Å². The molecule has 1 fully saturated rings. The van der Waals surface area contributed by atoms with Crippen LogP contribution in [0, 0.1) is 0 Å². The summed E-state index contributed by atoms with van der Waals surface area (Å²) in [4.78, 5) is 13.6. The predicted molar refractivity (Wildman–Crippen MR) is 76.6 cm³/mol. The van der Waals surface area contributed by atoms with Crippen LogP contribution in [-0.4, -0.2) is 43.5 Å². The number of halogens is 4. The van der Waals surface area contributed by atoms with E-state index in [0.717, 1.165) is 19.2 Å². The van der Waals surface area contributed by atoms with Crippen LogP contribution >= 0.6 is 12.4 Å². The first-order valence-corrected chi connectivity index (χ1v) is 6.25. The lowest BCUT2D eigenvalue weighted by molar-refractivity contribution is -0.137. The lowest BCUT2D eigenvalue weighted by Gasteiger charge is -2.35. The minimum absolute atomic E-state index is 0. The number of likely N-dealkylation sites (N-methyl/N-ethyl adjacent to an activating group) is 1. The van der Waals surface area contributed by atoms with Crippen LogP contribution in [0.5, 0.6) is 0 Å². The van der Waals surface area contributed by atoms with Gasteiger partial charge in [-0.15, -0.1) is 12.4 Å². The van der Waals surface area contributed by atoms with Gasteiger partial charge in [0.2, 0.25) is 5.91 Å². The first-order chi connectivity index (χ1) is 9.38. The van der Waals surface area contributed by atoms with Crippen LogP contribution in [0.15, 0.2) is 24.3 Å². The second-order valence-electron chi connectivity index (χ2n) is 4.82. The SMILES string of the molecule is CN(CC(=O)Nc1ccccc1C(F)(F)F)C1CNC1.Cl. The molecule has 1 aliphatic rings. The molecule has 1 aliphatic heterocycles. The first kappa shape index (κ1) is 17.7. The minimum Gasteiger partial charge on any atom is -0.324 e. The second kappa shape index (κ2) is 7.11. The number of nitrogens with one attached hydrogen (secondary N) is 2. The van der Waals surface area contributed by atoms with E-state index in [1.165, 1.54) is 18.2 Å². The molecule has 8 heteroatoms. The number of anilines is 1. The zero-order chi connectivity index (χ0) is 14.8. The van der Waals surface area contributed by atoms with Gasteiger partial charge < -0.3 is 10.6 Å². The maximum atomic E-state index is 12.8. The van der Waals surface area contributed by atoms with Crippen LogP contribution in [0.25, 0.3) is 0 Å². The van der Waals surface area contributed by atoms with E-state index >= 15 is 0 Å². The Morgan fingerprint density at radius 3 is 2.52 bits per heavy atom. The van der Waals surface area contributed by atoms with Crippen molar-refractivity contribution in [1.82, 2.24) is 10.2 Å². The molecule has 21 heavy (non-hydrogen) atoms. The van der Waals surface area contributed by atoms with E-state index in [9.17, 15) is 18.0 Å². The Bertz CT molecular complexity index is 492. The van der Waals surface area contributed by atoms with E-state index in [2.05, 4.69) is 10.6 Å². The van der Waals surface area contributed by atoms with Crippen LogP contribution in [0.4, 0.5) is 18.9 Å². The van der Waals surface area contributed by atoms with E-state index in [1.807, 2.05) is 4.90 Å². The van der Waals surface area contributed by atoms with Gasteiger partial charge in [0.1, 0.15) is 0 Å². The van der Waals surface area contributed by atoms with Crippen molar-refractivity contribution in [3.63, 3.8) is 0 Å². The van der Waals surface area contributed by atoms with Crippen molar-refractivity contribution in [1.29, 1.82) is 0 Å². The molecular weight excluding hydrogens is 307 g/mol. The molecule has 0 unspecified atom stereocenters. The number of hydrogen-bond acceptors (Lipinski definition) is 3. The molecule has 0 atom stereocenters. The van der Waals surface area contributed by atoms with Gasteiger partial charge in [-0.05, 0) is 19.2 Å². The van der Waals surface area contributed by atoms with Crippen molar-refractivity contribution in [2.75, 3.05) is 32.0 Å². The fraction of sp³-hybridized carbons (Fsp3) is 0.462. The third kappa shape index (κ3) is 4.59. The van der Waals surface area contributed by atoms with Crippen molar-refractivity contribution >= 4 is 24.0 Å². The summed E-state index contributed by atoms with van der Waals surface area (Å²) < 4.78 is 38.3. The highest BCUT2D eigenvalue weighted by molar-refractivity contribution is 5.93. The van der Waals surface area contributed by atoms with E-state index in [4.69, 9.17) is 0 Å². The molecule has 2 N–H and O–H groups in total. The summed E-state index contributed by atoms with van der Waals surface area (Å²) in [6.45, 7) is 1.66. The number of benzene rings is 1. The van der Waals surface area contributed by atoms with Gasteiger partial charge >= 0.3 is 6.18 Å². The Morgan fingerprint density at radius 1 is 1.38 bits per heavy atom. The van der Waals surface area contributed by atoms with Crippen LogP contribution < -0.4 is 10.6 Å². The maximum absolute atomic E-state index is 12.8. The molecule has 0 spiro atoms.